The van der Waals surface area contributed by atoms with Crippen molar-refractivity contribution in [1.82, 2.24) is 0 Å². The molecular formula is C61H104O6. The summed E-state index contributed by atoms with van der Waals surface area (Å²) in [6.07, 6.45) is 71.9. The number of unbranched alkanes of at least 4 members (excludes halogenated alkanes) is 25. The van der Waals surface area contributed by atoms with Crippen LogP contribution in [-0.2, 0) is 28.6 Å². The maximum Gasteiger partial charge on any atom is 0.306 e. The molecule has 0 aromatic carbocycles. The van der Waals surface area contributed by atoms with Gasteiger partial charge in [0.1, 0.15) is 13.2 Å². The van der Waals surface area contributed by atoms with Crippen molar-refractivity contribution < 1.29 is 28.6 Å². The van der Waals surface area contributed by atoms with Crippen LogP contribution in [0.1, 0.15) is 265 Å². The minimum Gasteiger partial charge on any atom is -0.462 e. The van der Waals surface area contributed by atoms with E-state index >= 15 is 0 Å². The zero-order chi connectivity index (χ0) is 48.6. The van der Waals surface area contributed by atoms with Crippen molar-refractivity contribution in [3.63, 3.8) is 0 Å². The quantitative estimate of drug-likeness (QED) is 0.0262. The Balaban J connectivity index is 4.18. The fraction of sp³-hybridized carbons (Fsp3) is 0.721. The number of carbonyl (C=O) groups excluding carboxylic acids is 3. The third-order valence-electron chi connectivity index (χ3n) is 11.9. The lowest BCUT2D eigenvalue weighted by Gasteiger charge is -2.18. The number of carbonyl (C=O) groups is 3. The van der Waals surface area contributed by atoms with Crippen LogP contribution in [0, 0.1) is 0 Å². The SMILES string of the molecule is CC/C=C\C/C=C\C/C=C\C/C=C\C/C=C\C/C=C\CCCCC(=O)OC(COC(=O)CCCCCCC)COC(=O)CCCCCCCCCCCCC/C=C\CCCCCCCCCC. The fourth-order valence-electron chi connectivity index (χ4n) is 7.68. The summed E-state index contributed by atoms with van der Waals surface area (Å²) < 4.78 is 16.7. The minimum atomic E-state index is -0.796. The summed E-state index contributed by atoms with van der Waals surface area (Å²) in [7, 11) is 0. The molecule has 0 amide bonds. The van der Waals surface area contributed by atoms with E-state index in [0.29, 0.717) is 19.3 Å². The molecule has 1 atom stereocenters. The minimum absolute atomic E-state index is 0.0943. The van der Waals surface area contributed by atoms with Crippen LogP contribution >= 0.6 is 0 Å². The van der Waals surface area contributed by atoms with Gasteiger partial charge in [-0.15, -0.1) is 0 Å². The summed E-state index contributed by atoms with van der Waals surface area (Å²) in [6, 6.07) is 0. The Labute approximate surface area is 414 Å². The second-order valence-electron chi connectivity index (χ2n) is 18.5. The van der Waals surface area contributed by atoms with Crippen molar-refractivity contribution in [2.45, 2.75) is 271 Å². The van der Waals surface area contributed by atoms with Crippen molar-refractivity contribution in [1.29, 1.82) is 0 Å². The van der Waals surface area contributed by atoms with Crippen molar-refractivity contribution in [2.75, 3.05) is 13.2 Å². The number of ether oxygens (including phenoxy) is 3. The Hall–Kier alpha value is -3.41. The van der Waals surface area contributed by atoms with Crippen LogP contribution in [-0.4, -0.2) is 37.2 Å². The molecular weight excluding hydrogens is 829 g/mol. The molecule has 384 valence electrons. The van der Waals surface area contributed by atoms with Crippen molar-refractivity contribution in [2.24, 2.45) is 0 Å². The summed E-state index contributed by atoms with van der Waals surface area (Å²) in [5.41, 5.74) is 0. The molecule has 6 heteroatoms. The Morgan fingerprint density at radius 2 is 0.582 bits per heavy atom. The highest BCUT2D eigenvalue weighted by Crippen LogP contribution is 2.15. The Morgan fingerprint density at radius 1 is 0.313 bits per heavy atom. The van der Waals surface area contributed by atoms with Crippen LogP contribution < -0.4 is 0 Å². The molecule has 0 fully saturated rings. The van der Waals surface area contributed by atoms with E-state index in [1.165, 1.54) is 116 Å². The molecule has 0 aliphatic rings. The number of esters is 3. The maximum absolute atomic E-state index is 12.8. The van der Waals surface area contributed by atoms with Crippen LogP contribution in [0.3, 0.4) is 0 Å². The van der Waals surface area contributed by atoms with E-state index in [-0.39, 0.29) is 37.5 Å². The molecule has 0 bridgehead atoms. The van der Waals surface area contributed by atoms with E-state index in [2.05, 4.69) is 106 Å². The first-order chi connectivity index (χ1) is 33.0. The summed E-state index contributed by atoms with van der Waals surface area (Å²) in [4.78, 5) is 37.8. The molecule has 0 heterocycles. The molecule has 0 saturated carbocycles. The monoisotopic (exact) mass is 933 g/mol. The van der Waals surface area contributed by atoms with Crippen LogP contribution in [0.4, 0.5) is 0 Å². The van der Waals surface area contributed by atoms with Gasteiger partial charge in [0.05, 0.1) is 0 Å². The zero-order valence-electron chi connectivity index (χ0n) is 43.9. The van der Waals surface area contributed by atoms with E-state index in [1.807, 2.05) is 0 Å². The Bertz CT molecular complexity index is 1300. The third-order valence-corrected chi connectivity index (χ3v) is 11.9. The number of hydrogen-bond donors (Lipinski definition) is 0. The summed E-state index contributed by atoms with van der Waals surface area (Å²) >= 11 is 0. The van der Waals surface area contributed by atoms with Gasteiger partial charge in [0, 0.05) is 19.3 Å². The van der Waals surface area contributed by atoms with Gasteiger partial charge in [-0.25, -0.2) is 0 Å². The molecule has 6 nitrogen and oxygen atoms in total. The summed E-state index contributed by atoms with van der Waals surface area (Å²) in [5, 5.41) is 0. The van der Waals surface area contributed by atoms with Gasteiger partial charge in [0.2, 0.25) is 0 Å². The number of rotatable bonds is 50. The average Bonchev–Trinajstić information content (AvgIpc) is 3.33. The maximum atomic E-state index is 12.8. The first-order valence-corrected chi connectivity index (χ1v) is 28.1. The second kappa shape index (κ2) is 55.2. The van der Waals surface area contributed by atoms with Gasteiger partial charge in [-0.05, 0) is 96.3 Å². The lowest BCUT2D eigenvalue weighted by Crippen LogP contribution is -2.30. The summed E-state index contributed by atoms with van der Waals surface area (Å²) in [6.45, 7) is 6.41. The predicted molar refractivity (Wildman–Crippen MR) is 288 cm³/mol. The molecule has 0 aliphatic heterocycles. The van der Waals surface area contributed by atoms with E-state index in [9.17, 15) is 14.4 Å². The van der Waals surface area contributed by atoms with Crippen LogP contribution in [0.5, 0.6) is 0 Å². The molecule has 0 aliphatic carbocycles. The van der Waals surface area contributed by atoms with Gasteiger partial charge < -0.3 is 14.2 Å². The molecule has 0 saturated heterocycles. The van der Waals surface area contributed by atoms with E-state index < -0.39 is 6.10 Å². The lowest BCUT2D eigenvalue weighted by atomic mass is 10.0. The van der Waals surface area contributed by atoms with Crippen LogP contribution in [0.25, 0.3) is 0 Å². The first-order valence-electron chi connectivity index (χ1n) is 28.1. The molecule has 0 aromatic heterocycles. The second-order valence-corrected chi connectivity index (χ2v) is 18.5. The number of allylic oxidation sites excluding steroid dienone is 14. The third kappa shape index (κ3) is 53.4. The molecule has 0 rings (SSSR count). The van der Waals surface area contributed by atoms with E-state index in [4.69, 9.17) is 14.2 Å². The van der Waals surface area contributed by atoms with Gasteiger partial charge in [-0.2, -0.15) is 0 Å². The average molecular weight is 933 g/mol. The highest BCUT2D eigenvalue weighted by atomic mass is 16.6. The van der Waals surface area contributed by atoms with Gasteiger partial charge in [0.15, 0.2) is 6.10 Å². The van der Waals surface area contributed by atoms with Crippen molar-refractivity contribution in [3.05, 3.63) is 85.1 Å². The highest BCUT2D eigenvalue weighted by molar-refractivity contribution is 5.71. The van der Waals surface area contributed by atoms with Gasteiger partial charge in [-0.3, -0.25) is 14.4 Å². The molecule has 0 N–H and O–H groups in total. The van der Waals surface area contributed by atoms with E-state index in [1.54, 1.807) is 0 Å². The first kappa shape index (κ1) is 63.6. The zero-order valence-corrected chi connectivity index (χ0v) is 43.9. The fourth-order valence-corrected chi connectivity index (χ4v) is 7.68. The lowest BCUT2D eigenvalue weighted by molar-refractivity contribution is -0.167. The Kier molecular flexibility index (Phi) is 52.4. The van der Waals surface area contributed by atoms with Crippen LogP contribution in [0.2, 0.25) is 0 Å². The van der Waals surface area contributed by atoms with Crippen molar-refractivity contribution in [3.8, 4) is 0 Å². The summed E-state index contributed by atoms with van der Waals surface area (Å²) in [5.74, 6) is -0.951. The smallest absolute Gasteiger partial charge is 0.306 e. The molecule has 0 radical (unpaired) electrons. The molecule has 0 spiro atoms. The van der Waals surface area contributed by atoms with Crippen molar-refractivity contribution >= 4 is 17.9 Å². The van der Waals surface area contributed by atoms with Gasteiger partial charge in [-0.1, -0.05) is 234 Å². The standard InChI is InChI=1S/C61H104O6/c1-4-7-10-13-15-17-19-21-23-25-27-29-30-32-33-35-37-39-41-43-45-48-51-54-60(63)66-57-58(56-65-59(62)53-50-47-12-9-6-3)67-61(64)55-52-49-46-44-42-40-38-36-34-31-28-26-24-22-20-18-16-14-11-8-5-2/h8,11,16,18,22,24-25,27-28,31,36,38,42,44,58H,4-7,9-10,12-15,17,19-21,23,26,29-30,32-35,37,39-41,43,45-57H2,1-3H3/b11-8-,18-16-,24-22-,27-25-,31-28-,38-36-,44-42-. The normalized spacial score (nSPS) is 12.7. The molecule has 0 aromatic rings. The Morgan fingerprint density at radius 3 is 0.955 bits per heavy atom. The van der Waals surface area contributed by atoms with Crippen LogP contribution in [0.15, 0.2) is 85.1 Å². The largest absolute Gasteiger partial charge is 0.462 e. The van der Waals surface area contributed by atoms with Gasteiger partial charge >= 0.3 is 17.9 Å². The number of hydrogen-bond acceptors (Lipinski definition) is 6. The molecule has 1 unspecified atom stereocenters. The van der Waals surface area contributed by atoms with E-state index in [0.717, 1.165) is 103 Å². The topological polar surface area (TPSA) is 78.9 Å². The highest BCUT2D eigenvalue weighted by Gasteiger charge is 2.19. The molecule has 67 heavy (non-hydrogen) atoms. The predicted octanol–water partition coefficient (Wildman–Crippen LogP) is 18.8. The van der Waals surface area contributed by atoms with Gasteiger partial charge in [0.25, 0.3) is 0 Å².